The topological polar surface area (TPSA) is 75.9 Å². The molecule has 2 atom stereocenters. The Kier molecular flexibility index (Phi) is 5.47. The van der Waals surface area contributed by atoms with Crippen LogP contribution in [0.2, 0.25) is 0 Å². The standard InChI is InChI=1S/C20H29N5O/c1-5-15(6-2)22-18-17-19(25(4)13-21-17)24-16(23-18)9-11-20(26)10-7-8-14(3)12-20/h13-15,26H,5-8,10,12H2,1-4H3,(H,22,23,24). The molecule has 0 bridgehead atoms. The van der Waals surface area contributed by atoms with Crippen LogP contribution in [0, 0.1) is 17.8 Å². The third kappa shape index (κ3) is 3.99. The molecule has 0 saturated heterocycles. The molecule has 0 radical (unpaired) electrons. The van der Waals surface area contributed by atoms with E-state index in [9.17, 15) is 5.11 Å². The summed E-state index contributed by atoms with van der Waals surface area (Å²) in [5, 5.41) is 14.2. The Morgan fingerprint density at radius 2 is 2.15 bits per heavy atom. The van der Waals surface area contributed by atoms with E-state index in [0.29, 0.717) is 24.2 Å². The fraction of sp³-hybridized carbons (Fsp3) is 0.650. The van der Waals surface area contributed by atoms with Gasteiger partial charge in [0, 0.05) is 13.1 Å². The average molecular weight is 355 g/mol. The Labute approximate surface area is 155 Å². The van der Waals surface area contributed by atoms with Crippen molar-refractivity contribution in [3.63, 3.8) is 0 Å². The van der Waals surface area contributed by atoms with Crippen molar-refractivity contribution in [1.82, 2.24) is 19.5 Å². The van der Waals surface area contributed by atoms with Gasteiger partial charge in [0.1, 0.15) is 5.60 Å². The molecular weight excluding hydrogens is 326 g/mol. The van der Waals surface area contributed by atoms with Gasteiger partial charge in [-0.3, -0.25) is 0 Å². The van der Waals surface area contributed by atoms with Crippen LogP contribution in [-0.4, -0.2) is 36.3 Å². The summed E-state index contributed by atoms with van der Waals surface area (Å²) in [4.78, 5) is 13.6. The van der Waals surface area contributed by atoms with E-state index in [1.165, 1.54) is 0 Å². The van der Waals surface area contributed by atoms with Crippen molar-refractivity contribution in [2.75, 3.05) is 5.32 Å². The van der Waals surface area contributed by atoms with E-state index in [4.69, 9.17) is 0 Å². The van der Waals surface area contributed by atoms with Crippen LogP contribution in [0.5, 0.6) is 0 Å². The van der Waals surface area contributed by atoms with Gasteiger partial charge < -0.3 is 15.0 Å². The monoisotopic (exact) mass is 355 g/mol. The highest BCUT2D eigenvalue weighted by atomic mass is 16.3. The lowest BCUT2D eigenvalue weighted by molar-refractivity contribution is 0.0410. The molecule has 0 aromatic carbocycles. The molecule has 2 N–H and O–H groups in total. The number of nitrogens with zero attached hydrogens (tertiary/aromatic N) is 4. The van der Waals surface area contributed by atoms with Crippen LogP contribution in [0.3, 0.4) is 0 Å². The van der Waals surface area contributed by atoms with Gasteiger partial charge >= 0.3 is 0 Å². The molecule has 6 nitrogen and oxygen atoms in total. The summed E-state index contributed by atoms with van der Waals surface area (Å²) >= 11 is 0. The van der Waals surface area contributed by atoms with E-state index in [2.05, 4.69) is 52.9 Å². The van der Waals surface area contributed by atoms with Crippen LogP contribution in [-0.2, 0) is 7.05 Å². The normalized spacial score (nSPS) is 23.1. The summed E-state index contributed by atoms with van der Waals surface area (Å²) in [5.41, 5.74) is 0.586. The van der Waals surface area contributed by atoms with Gasteiger partial charge in [0.25, 0.3) is 0 Å². The van der Waals surface area contributed by atoms with Crippen molar-refractivity contribution in [2.45, 2.75) is 70.9 Å². The Bertz CT molecular complexity index is 830. The van der Waals surface area contributed by atoms with Gasteiger partial charge in [-0.15, -0.1) is 0 Å². The third-order valence-corrected chi connectivity index (χ3v) is 5.27. The summed E-state index contributed by atoms with van der Waals surface area (Å²) in [6, 6.07) is 0.333. The maximum atomic E-state index is 10.8. The van der Waals surface area contributed by atoms with Crippen molar-refractivity contribution in [3.05, 3.63) is 12.2 Å². The SMILES string of the molecule is CCC(CC)Nc1nc(C#CC2(O)CCCC(C)C2)nc2c1ncn2C. The van der Waals surface area contributed by atoms with Gasteiger partial charge in [-0.1, -0.05) is 33.1 Å². The fourth-order valence-electron chi connectivity index (χ4n) is 3.66. The van der Waals surface area contributed by atoms with Crippen molar-refractivity contribution >= 4 is 17.0 Å². The van der Waals surface area contributed by atoms with Crippen LogP contribution >= 0.6 is 0 Å². The second-order valence-corrected chi connectivity index (χ2v) is 7.56. The van der Waals surface area contributed by atoms with Gasteiger partial charge in [-0.2, -0.15) is 0 Å². The summed E-state index contributed by atoms with van der Waals surface area (Å²) in [5.74, 6) is 7.73. The molecule has 0 amide bonds. The molecule has 6 heteroatoms. The van der Waals surface area contributed by atoms with Gasteiger partial charge in [0.05, 0.1) is 6.33 Å². The number of aromatic nitrogens is 4. The number of aryl methyl sites for hydroxylation is 1. The smallest absolute Gasteiger partial charge is 0.209 e. The van der Waals surface area contributed by atoms with Crippen LogP contribution in [0.4, 0.5) is 5.82 Å². The van der Waals surface area contributed by atoms with E-state index in [0.717, 1.165) is 49.1 Å². The third-order valence-electron chi connectivity index (χ3n) is 5.27. The number of hydrogen-bond donors (Lipinski definition) is 2. The molecule has 1 saturated carbocycles. The molecule has 2 unspecified atom stereocenters. The van der Waals surface area contributed by atoms with Crippen molar-refractivity contribution in [3.8, 4) is 11.8 Å². The van der Waals surface area contributed by atoms with Crippen LogP contribution in [0.25, 0.3) is 11.2 Å². The molecule has 2 aromatic heterocycles. The largest absolute Gasteiger partial charge is 0.378 e. The van der Waals surface area contributed by atoms with Gasteiger partial charge in [0.15, 0.2) is 17.0 Å². The quantitative estimate of drug-likeness (QED) is 0.824. The summed E-state index contributed by atoms with van der Waals surface area (Å²) < 4.78 is 1.87. The van der Waals surface area contributed by atoms with Crippen LogP contribution in [0.15, 0.2) is 6.33 Å². The molecule has 3 rings (SSSR count). The number of nitrogens with one attached hydrogen (secondary N) is 1. The Morgan fingerprint density at radius 1 is 1.38 bits per heavy atom. The summed E-state index contributed by atoms with van der Waals surface area (Å²) in [6.45, 7) is 6.47. The molecule has 2 heterocycles. The van der Waals surface area contributed by atoms with E-state index < -0.39 is 5.60 Å². The summed E-state index contributed by atoms with van der Waals surface area (Å²) in [6.07, 6.45) is 7.36. The number of anilines is 1. The molecule has 140 valence electrons. The molecule has 1 fully saturated rings. The Hall–Kier alpha value is -2.13. The number of fused-ring (bicyclic) bond motifs is 1. The maximum absolute atomic E-state index is 10.8. The predicted octanol–water partition coefficient (Wildman–Crippen LogP) is 3.26. The van der Waals surface area contributed by atoms with E-state index in [-0.39, 0.29) is 0 Å². The minimum Gasteiger partial charge on any atom is -0.378 e. The lowest BCUT2D eigenvalue weighted by atomic mass is 9.79. The van der Waals surface area contributed by atoms with Crippen LogP contribution in [0.1, 0.15) is 65.1 Å². The highest BCUT2D eigenvalue weighted by molar-refractivity contribution is 5.83. The summed E-state index contributed by atoms with van der Waals surface area (Å²) in [7, 11) is 1.91. The molecule has 26 heavy (non-hydrogen) atoms. The van der Waals surface area contributed by atoms with Crippen LogP contribution < -0.4 is 5.32 Å². The van der Waals surface area contributed by atoms with E-state index in [1.807, 2.05) is 11.6 Å². The maximum Gasteiger partial charge on any atom is 0.209 e. The Morgan fingerprint density at radius 3 is 2.85 bits per heavy atom. The predicted molar refractivity (Wildman–Crippen MR) is 104 cm³/mol. The van der Waals surface area contributed by atoms with Gasteiger partial charge in [-0.05, 0) is 43.9 Å². The number of hydrogen-bond acceptors (Lipinski definition) is 5. The van der Waals surface area contributed by atoms with Crippen molar-refractivity contribution < 1.29 is 5.11 Å². The van der Waals surface area contributed by atoms with Crippen molar-refractivity contribution in [1.29, 1.82) is 0 Å². The first-order chi connectivity index (χ1) is 12.4. The number of rotatable bonds is 4. The second kappa shape index (κ2) is 7.63. The highest BCUT2D eigenvalue weighted by Gasteiger charge is 2.30. The molecular formula is C20H29N5O. The second-order valence-electron chi connectivity index (χ2n) is 7.56. The van der Waals surface area contributed by atoms with E-state index in [1.54, 1.807) is 6.33 Å². The van der Waals surface area contributed by atoms with E-state index >= 15 is 0 Å². The lowest BCUT2D eigenvalue weighted by Gasteiger charge is -2.30. The molecule has 1 aliphatic rings. The molecule has 1 aliphatic carbocycles. The highest BCUT2D eigenvalue weighted by Crippen LogP contribution is 2.31. The molecule has 2 aromatic rings. The first-order valence-electron chi connectivity index (χ1n) is 9.65. The minimum absolute atomic E-state index is 0.333. The average Bonchev–Trinajstić information content (AvgIpc) is 2.99. The van der Waals surface area contributed by atoms with Gasteiger partial charge in [-0.25, -0.2) is 15.0 Å². The molecule has 0 aliphatic heterocycles. The fourth-order valence-corrected chi connectivity index (χ4v) is 3.66. The van der Waals surface area contributed by atoms with Gasteiger partial charge in [0.2, 0.25) is 5.82 Å². The Balaban J connectivity index is 1.96. The lowest BCUT2D eigenvalue weighted by Crippen LogP contribution is -2.32. The van der Waals surface area contributed by atoms with Crippen molar-refractivity contribution in [2.24, 2.45) is 13.0 Å². The zero-order chi connectivity index (χ0) is 18.7. The number of aliphatic hydroxyl groups is 1. The first kappa shape index (κ1) is 18.7. The first-order valence-corrected chi connectivity index (χ1v) is 9.65. The zero-order valence-electron chi connectivity index (χ0n) is 16.2. The number of imidazole rings is 1. The zero-order valence-corrected chi connectivity index (χ0v) is 16.2. The molecule has 0 spiro atoms. The minimum atomic E-state index is -0.925.